The van der Waals surface area contributed by atoms with Crippen molar-refractivity contribution in [2.24, 2.45) is 11.7 Å². The number of benzene rings is 1. The van der Waals surface area contributed by atoms with Crippen molar-refractivity contribution in [3.8, 4) is 0 Å². The Hall–Kier alpha value is -1.71. The molecular weight excluding hydrogens is 250 g/mol. The molecule has 0 saturated heterocycles. The normalized spacial score (nSPS) is 22.5. The Morgan fingerprint density at radius 1 is 1.30 bits per heavy atom. The average Bonchev–Trinajstić information content (AvgIpc) is 2.46. The molecule has 0 aliphatic heterocycles. The molecule has 0 atom stereocenters. The second kappa shape index (κ2) is 6.16. The van der Waals surface area contributed by atoms with E-state index in [1.807, 2.05) is 13.1 Å². The average molecular weight is 275 g/mol. The van der Waals surface area contributed by atoms with Crippen molar-refractivity contribution in [1.29, 1.82) is 0 Å². The Morgan fingerprint density at radius 2 is 1.95 bits per heavy atom. The molecule has 2 rings (SSSR count). The number of primary amides is 1. The molecule has 0 spiro atoms. The van der Waals surface area contributed by atoms with Gasteiger partial charge in [-0.3, -0.25) is 4.79 Å². The van der Waals surface area contributed by atoms with Crippen LogP contribution in [0.25, 0.3) is 0 Å². The van der Waals surface area contributed by atoms with Crippen molar-refractivity contribution < 1.29 is 4.79 Å². The summed E-state index contributed by atoms with van der Waals surface area (Å²) in [6.07, 6.45) is 6.13. The molecule has 0 radical (unpaired) electrons. The maximum Gasteiger partial charge on any atom is 0.250 e. The van der Waals surface area contributed by atoms with Gasteiger partial charge in [0.25, 0.3) is 5.91 Å². The third kappa shape index (κ3) is 3.06. The minimum absolute atomic E-state index is 0.394. The number of nitrogens with two attached hydrogens (primary N) is 2. The quantitative estimate of drug-likeness (QED) is 0.830. The van der Waals surface area contributed by atoms with E-state index < -0.39 is 5.91 Å². The van der Waals surface area contributed by atoms with Crippen molar-refractivity contribution in [2.45, 2.75) is 45.1 Å². The minimum Gasteiger partial charge on any atom is -0.399 e. The number of carbonyl (C=O) groups is 1. The summed E-state index contributed by atoms with van der Waals surface area (Å²) >= 11 is 0. The Balaban J connectivity index is 2.18. The van der Waals surface area contributed by atoms with Crippen LogP contribution >= 0.6 is 0 Å². The molecule has 1 aliphatic rings. The van der Waals surface area contributed by atoms with E-state index >= 15 is 0 Å². The molecule has 1 aromatic rings. The molecule has 1 saturated carbocycles. The number of nitrogen functional groups attached to an aromatic ring is 1. The molecular formula is C16H25N3O. The maximum atomic E-state index is 11.6. The number of hydrogen-bond acceptors (Lipinski definition) is 3. The van der Waals surface area contributed by atoms with Gasteiger partial charge in [0.15, 0.2) is 0 Å². The molecule has 4 heteroatoms. The highest BCUT2D eigenvalue weighted by Crippen LogP contribution is 2.33. The lowest BCUT2D eigenvalue weighted by atomic mass is 9.84. The van der Waals surface area contributed by atoms with E-state index in [2.05, 4.69) is 11.8 Å². The predicted octanol–water partition coefficient (Wildman–Crippen LogP) is 2.77. The van der Waals surface area contributed by atoms with Gasteiger partial charge in [0.1, 0.15) is 0 Å². The van der Waals surface area contributed by atoms with Crippen molar-refractivity contribution in [2.75, 3.05) is 17.7 Å². The van der Waals surface area contributed by atoms with Gasteiger partial charge in [0.2, 0.25) is 0 Å². The number of anilines is 2. The first kappa shape index (κ1) is 14.7. The molecule has 20 heavy (non-hydrogen) atoms. The zero-order valence-corrected chi connectivity index (χ0v) is 12.4. The van der Waals surface area contributed by atoms with Gasteiger partial charge in [0.05, 0.1) is 11.3 Å². The summed E-state index contributed by atoms with van der Waals surface area (Å²) in [5, 5.41) is 0. The van der Waals surface area contributed by atoms with Crippen LogP contribution in [0.1, 0.15) is 49.4 Å². The van der Waals surface area contributed by atoms with Crippen LogP contribution in [0.2, 0.25) is 0 Å². The highest BCUT2D eigenvalue weighted by Gasteiger charge is 2.25. The number of carbonyl (C=O) groups excluding carboxylic acids is 1. The summed E-state index contributed by atoms with van der Waals surface area (Å²) in [6.45, 7) is 2.26. The van der Waals surface area contributed by atoms with Crippen LogP contribution in [-0.4, -0.2) is 19.0 Å². The smallest absolute Gasteiger partial charge is 0.250 e. The summed E-state index contributed by atoms with van der Waals surface area (Å²) in [5.41, 5.74) is 13.4. The number of hydrogen-bond donors (Lipinski definition) is 2. The first-order valence-corrected chi connectivity index (χ1v) is 7.45. The lowest BCUT2D eigenvalue weighted by Crippen LogP contribution is -2.36. The lowest BCUT2D eigenvalue weighted by molar-refractivity contribution is 0.100. The SMILES string of the molecule is CCC1CCC(N(C)c2cc(N)ccc2C(N)=O)CC1. The Labute approximate surface area is 121 Å². The summed E-state index contributed by atoms with van der Waals surface area (Å²) in [5.74, 6) is 0.463. The zero-order chi connectivity index (χ0) is 14.7. The first-order valence-electron chi connectivity index (χ1n) is 7.45. The van der Waals surface area contributed by atoms with Crippen molar-refractivity contribution in [3.63, 3.8) is 0 Å². The molecule has 1 aromatic carbocycles. The van der Waals surface area contributed by atoms with Gasteiger partial charge in [-0.25, -0.2) is 0 Å². The van der Waals surface area contributed by atoms with Crippen molar-refractivity contribution in [3.05, 3.63) is 23.8 Å². The van der Waals surface area contributed by atoms with Crippen LogP contribution in [-0.2, 0) is 0 Å². The predicted molar refractivity (Wildman–Crippen MR) is 83.8 cm³/mol. The van der Waals surface area contributed by atoms with E-state index in [1.54, 1.807) is 12.1 Å². The van der Waals surface area contributed by atoms with E-state index in [0.29, 0.717) is 17.3 Å². The van der Waals surface area contributed by atoms with E-state index in [0.717, 1.165) is 11.6 Å². The lowest BCUT2D eigenvalue weighted by Gasteiger charge is -2.36. The zero-order valence-electron chi connectivity index (χ0n) is 12.4. The van der Waals surface area contributed by atoms with E-state index in [9.17, 15) is 4.79 Å². The van der Waals surface area contributed by atoms with Gasteiger partial charge >= 0.3 is 0 Å². The Morgan fingerprint density at radius 3 is 2.50 bits per heavy atom. The molecule has 1 fully saturated rings. The number of nitrogens with zero attached hydrogens (tertiary/aromatic N) is 1. The highest BCUT2D eigenvalue weighted by molar-refractivity contribution is 5.99. The molecule has 4 nitrogen and oxygen atoms in total. The number of amides is 1. The molecule has 0 unspecified atom stereocenters. The third-order valence-electron chi connectivity index (χ3n) is 4.61. The van der Waals surface area contributed by atoms with Crippen LogP contribution in [0, 0.1) is 5.92 Å². The van der Waals surface area contributed by atoms with Crippen LogP contribution < -0.4 is 16.4 Å². The second-order valence-electron chi connectivity index (χ2n) is 5.83. The van der Waals surface area contributed by atoms with Gasteiger partial charge in [0, 0.05) is 18.8 Å². The third-order valence-corrected chi connectivity index (χ3v) is 4.61. The molecule has 0 aromatic heterocycles. The Bertz CT molecular complexity index is 479. The summed E-state index contributed by atoms with van der Waals surface area (Å²) in [4.78, 5) is 13.8. The van der Waals surface area contributed by atoms with E-state index in [-0.39, 0.29) is 0 Å². The molecule has 110 valence electrons. The van der Waals surface area contributed by atoms with Crippen LogP contribution in [0.4, 0.5) is 11.4 Å². The van der Waals surface area contributed by atoms with E-state index in [1.165, 1.54) is 32.1 Å². The second-order valence-corrected chi connectivity index (χ2v) is 5.83. The molecule has 4 N–H and O–H groups in total. The molecule has 1 aliphatic carbocycles. The van der Waals surface area contributed by atoms with Gasteiger partial charge in [-0.05, 0) is 49.8 Å². The van der Waals surface area contributed by atoms with Crippen LogP contribution in [0.15, 0.2) is 18.2 Å². The Kier molecular flexibility index (Phi) is 4.53. The molecule has 0 heterocycles. The topological polar surface area (TPSA) is 72.3 Å². The van der Waals surface area contributed by atoms with Gasteiger partial charge < -0.3 is 16.4 Å². The fraction of sp³-hybridized carbons (Fsp3) is 0.562. The standard InChI is InChI=1S/C16H25N3O/c1-3-11-4-7-13(8-5-11)19(2)15-10-12(17)6-9-14(15)16(18)20/h6,9-11,13H,3-5,7-8,17H2,1-2H3,(H2,18,20). The van der Waals surface area contributed by atoms with Crippen LogP contribution in [0.5, 0.6) is 0 Å². The monoisotopic (exact) mass is 275 g/mol. The van der Waals surface area contributed by atoms with Gasteiger partial charge in [-0.15, -0.1) is 0 Å². The first-order chi connectivity index (χ1) is 9.52. The summed E-state index contributed by atoms with van der Waals surface area (Å²) in [7, 11) is 2.04. The van der Waals surface area contributed by atoms with Gasteiger partial charge in [-0.1, -0.05) is 13.3 Å². The van der Waals surface area contributed by atoms with Gasteiger partial charge in [-0.2, -0.15) is 0 Å². The highest BCUT2D eigenvalue weighted by atomic mass is 16.1. The molecule has 1 amide bonds. The van der Waals surface area contributed by atoms with Crippen LogP contribution in [0.3, 0.4) is 0 Å². The largest absolute Gasteiger partial charge is 0.399 e. The maximum absolute atomic E-state index is 11.6. The van der Waals surface area contributed by atoms with E-state index in [4.69, 9.17) is 11.5 Å². The molecule has 0 bridgehead atoms. The fourth-order valence-corrected chi connectivity index (χ4v) is 3.19. The fourth-order valence-electron chi connectivity index (χ4n) is 3.19. The minimum atomic E-state index is -0.394. The van der Waals surface area contributed by atoms with Crippen molar-refractivity contribution in [1.82, 2.24) is 0 Å². The summed E-state index contributed by atoms with van der Waals surface area (Å²) < 4.78 is 0. The number of rotatable bonds is 4. The van der Waals surface area contributed by atoms with Crippen molar-refractivity contribution >= 4 is 17.3 Å². The summed E-state index contributed by atoms with van der Waals surface area (Å²) in [6, 6.07) is 5.77.